The van der Waals surface area contributed by atoms with Crippen molar-refractivity contribution in [2.45, 2.75) is 53.1 Å². The standard InChI is InChI=1S/C13H30N2O/c1-6-13(7-2,9-14)11-15(8-3)10-12(4,5)16/h16H,6-11,14H2,1-5H3. The lowest BCUT2D eigenvalue weighted by molar-refractivity contribution is 0.0212. The van der Waals surface area contributed by atoms with Crippen LogP contribution in [0.3, 0.4) is 0 Å². The average Bonchev–Trinajstić information content (AvgIpc) is 2.23. The molecule has 98 valence electrons. The molecule has 0 bridgehead atoms. The van der Waals surface area contributed by atoms with E-state index < -0.39 is 5.60 Å². The summed E-state index contributed by atoms with van der Waals surface area (Å²) >= 11 is 0. The van der Waals surface area contributed by atoms with E-state index in [1.54, 1.807) is 0 Å². The van der Waals surface area contributed by atoms with Crippen LogP contribution < -0.4 is 5.73 Å². The van der Waals surface area contributed by atoms with Gasteiger partial charge >= 0.3 is 0 Å². The van der Waals surface area contributed by atoms with Crippen molar-refractivity contribution in [3.05, 3.63) is 0 Å². The fraction of sp³-hybridized carbons (Fsp3) is 1.00. The van der Waals surface area contributed by atoms with Gasteiger partial charge in [-0.15, -0.1) is 0 Å². The van der Waals surface area contributed by atoms with Crippen molar-refractivity contribution in [1.29, 1.82) is 0 Å². The van der Waals surface area contributed by atoms with E-state index in [-0.39, 0.29) is 5.41 Å². The minimum atomic E-state index is -0.627. The fourth-order valence-electron chi connectivity index (χ4n) is 2.13. The Morgan fingerprint density at radius 1 is 1.06 bits per heavy atom. The van der Waals surface area contributed by atoms with Crippen LogP contribution >= 0.6 is 0 Å². The summed E-state index contributed by atoms with van der Waals surface area (Å²) in [5.41, 5.74) is 5.49. The topological polar surface area (TPSA) is 49.5 Å². The van der Waals surface area contributed by atoms with E-state index >= 15 is 0 Å². The van der Waals surface area contributed by atoms with Gasteiger partial charge in [0.2, 0.25) is 0 Å². The minimum Gasteiger partial charge on any atom is -0.389 e. The van der Waals surface area contributed by atoms with Crippen LogP contribution in [0.2, 0.25) is 0 Å². The van der Waals surface area contributed by atoms with Crippen molar-refractivity contribution < 1.29 is 5.11 Å². The SMILES string of the molecule is CCN(CC(C)(C)O)CC(CC)(CC)CN. The Morgan fingerprint density at radius 3 is 1.81 bits per heavy atom. The zero-order valence-electron chi connectivity index (χ0n) is 11.7. The van der Waals surface area contributed by atoms with E-state index in [1.165, 1.54) is 0 Å². The van der Waals surface area contributed by atoms with Gasteiger partial charge in [0.15, 0.2) is 0 Å². The van der Waals surface area contributed by atoms with E-state index in [0.29, 0.717) is 6.54 Å². The highest BCUT2D eigenvalue weighted by Crippen LogP contribution is 2.26. The van der Waals surface area contributed by atoms with Crippen LogP contribution in [0.25, 0.3) is 0 Å². The maximum atomic E-state index is 9.86. The molecule has 0 unspecified atom stereocenters. The van der Waals surface area contributed by atoms with Crippen LogP contribution in [0.15, 0.2) is 0 Å². The second kappa shape index (κ2) is 6.58. The van der Waals surface area contributed by atoms with Gasteiger partial charge in [0.1, 0.15) is 0 Å². The molecule has 0 spiro atoms. The van der Waals surface area contributed by atoms with Gasteiger partial charge in [-0.2, -0.15) is 0 Å². The molecule has 3 nitrogen and oxygen atoms in total. The third-order valence-electron chi connectivity index (χ3n) is 3.55. The summed E-state index contributed by atoms with van der Waals surface area (Å²) < 4.78 is 0. The molecule has 16 heavy (non-hydrogen) atoms. The fourth-order valence-corrected chi connectivity index (χ4v) is 2.13. The van der Waals surface area contributed by atoms with Crippen LogP contribution in [-0.4, -0.2) is 41.8 Å². The quantitative estimate of drug-likeness (QED) is 0.669. The highest BCUT2D eigenvalue weighted by Gasteiger charge is 2.28. The van der Waals surface area contributed by atoms with Gasteiger partial charge in [0, 0.05) is 13.1 Å². The monoisotopic (exact) mass is 230 g/mol. The summed E-state index contributed by atoms with van der Waals surface area (Å²) in [6.45, 7) is 13.6. The lowest BCUT2D eigenvalue weighted by Gasteiger charge is -2.38. The van der Waals surface area contributed by atoms with E-state index in [2.05, 4.69) is 25.7 Å². The average molecular weight is 230 g/mol. The van der Waals surface area contributed by atoms with E-state index in [1.807, 2.05) is 13.8 Å². The predicted octanol–water partition coefficient (Wildman–Crippen LogP) is 1.84. The molecule has 0 aliphatic heterocycles. The van der Waals surface area contributed by atoms with Crippen LogP contribution in [0.1, 0.15) is 47.5 Å². The van der Waals surface area contributed by atoms with Crippen molar-refractivity contribution in [1.82, 2.24) is 4.90 Å². The van der Waals surface area contributed by atoms with Crippen LogP contribution in [0, 0.1) is 5.41 Å². The van der Waals surface area contributed by atoms with Gasteiger partial charge in [-0.25, -0.2) is 0 Å². The van der Waals surface area contributed by atoms with Crippen LogP contribution in [-0.2, 0) is 0 Å². The molecule has 3 N–H and O–H groups in total. The summed E-state index contributed by atoms with van der Waals surface area (Å²) in [6, 6.07) is 0. The van der Waals surface area contributed by atoms with Crippen LogP contribution in [0.5, 0.6) is 0 Å². The highest BCUT2D eigenvalue weighted by molar-refractivity contribution is 4.83. The number of aliphatic hydroxyl groups is 1. The molecule has 3 heteroatoms. The molecule has 0 saturated carbocycles. The molecule has 0 radical (unpaired) electrons. The molecule has 0 rings (SSSR count). The number of rotatable bonds is 8. The van der Waals surface area contributed by atoms with Gasteiger partial charge in [0.05, 0.1) is 5.60 Å². The molecule has 0 aromatic carbocycles. The first-order valence-corrected chi connectivity index (χ1v) is 6.47. The molecule has 0 fully saturated rings. The van der Waals surface area contributed by atoms with Gasteiger partial charge in [-0.3, -0.25) is 0 Å². The Kier molecular flexibility index (Phi) is 6.53. The van der Waals surface area contributed by atoms with Crippen molar-refractivity contribution >= 4 is 0 Å². The first-order chi connectivity index (χ1) is 7.32. The molecule has 0 amide bonds. The second-order valence-corrected chi connectivity index (χ2v) is 5.53. The number of hydrogen-bond donors (Lipinski definition) is 2. The second-order valence-electron chi connectivity index (χ2n) is 5.53. The minimum absolute atomic E-state index is 0.210. The van der Waals surface area contributed by atoms with Crippen molar-refractivity contribution in [2.75, 3.05) is 26.2 Å². The Morgan fingerprint density at radius 2 is 1.56 bits per heavy atom. The van der Waals surface area contributed by atoms with E-state index in [0.717, 1.165) is 32.5 Å². The maximum absolute atomic E-state index is 9.86. The van der Waals surface area contributed by atoms with Crippen molar-refractivity contribution in [3.63, 3.8) is 0 Å². The summed E-state index contributed by atoms with van der Waals surface area (Å²) in [4.78, 5) is 2.31. The molecular weight excluding hydrogens is 200 g/mol. The lowest BCUT2D eigenvalue weighted by atomic mass is 9.81. The third kappa shape index (κ3) is 5.28. The zero-order valence-corrected chi connectivity index (χ0v) is 11.7. The first-order valence-electron chi connectivity index (χ1n) is 6.47. The number of nitrogens with zero attached hydrogens (tertiary/aromatic N) is 1. The smallest absolute Gasteiger partial charge is 0.0718 e. The molecule has 0 atom stereocenters. The molecule has 0 aromatic heterocycles. The largest absolute Gasteiger partial charge is 0.389 e. The lowest BCUT2D eigenvalue weighted by Crippen LogP contribution is -2.46. The first kappa shape index (κ1) is 15.9. The number of hydrogen-bond acceptors (Lipinski definition) is 3. The van der Waals surface area contributed by atoms with Crippen molar-refractivity contribution in [2.24, 2.45) is 11.1 Å². The number of likely N-dealkylation sites (N-methyl/N-ethyl adjacent to an activating group) is 1. The maximum Gasteiger partial charge on any atom is 0.0718 e. The summed E-state index contributed by atoms with van der Waals surface area (Å²) in [5, 5.41) is 9.86. The van der Waals surface area contributed by atoms with E-state index in [9.17, 15) is 5.11 Å². The molecule has 0 aliphatic carbocycles. The molecule has 0 saturated heterocycles. The molecule has 0 aromatic rings. The van der Waals surface area contributed by atoms with Crippen LogP contribution in [0.4, 0.5) is 0 Å². The normalized spacial score (nSPS) is 13.5. The summed E-state index contributed by atoms with van der Waals surface area (Å²) in [7, 11) is 0. The molecule has 0 heterocycles. The Hall–Kier alpha value is -0.120. The highest BCUT2D eigenvalue weighted by atomic mass is 16.3. The van der Waals surface area contributed by atoms with Crippen molar-refractivity contribution in [3.8, 4) is 0 Å². The Bertz CT molecular complexity index is 175. The molecular formula is C13H30N2O. The predicted molar refractivity (Wildman–Crippen MR) is 70.5 cm³/mol. The van der Waals surface area contributed by atoms with E-state index in [4.69, 9.17) is 5.73 Å². The van der Waals surface area contributed by atoms with Gasteiger partial charge in [0.25, 0.3) is 0 Å². The zero-order chi connectivity index (χ0) is 12.8. The summed E-state index contributed by atoms with van der Waals surface area (Å²) in [6.07, 6.45) is 2.20. The summed E-state index contributed by atoms with van der Waals surface area (Å²) in [5.74, 6) is 0. The van der Waals surface area contributed by atoms with Gasteiger partial charge in [-0.05, 0) is 45.2 Å². The number of nitrogens with two attached hydrogens (primary N) is 1. The Labute approximate surface area is 101 Å². The Balaban J connectivity index is 4.50. The van der Waals surface area contributed by atoms with Gasteiger partial charge in [-0.1, -0.05) is 20.8 Å². The van der Waals surface area contributed by atoms with Gasteiger partial charge < -0.3 is 15.7 Å². The third-order valence-corrected chi connectivity index (χ3v) is 3.55. The molecule has 0 aliphatic rings.